The fourth-order valence-electron chi connectivity index (χ4n) is 1.77. The monoisotopic (exact) mass is 204 g/mol. The molecule has 2 rings (SSSR count). The van der Waals surface area contributed by atoms with Crippen molar-refractivity contribution in [1.82, 2.24) is 5.32 Å². The molecular formula is C11H12N2O2. The van der Waals surface area contributed by atoms with E-state index in [4.69, 9.17) is 5.73 Å². The molecule has 0 spiro atoms. The number of benzene rings is 1. The van der Waals surface area contributed by atoms with Crippen LogP contribution in [-0.4, -0.2) is 11.8 Å². The van der Waals surface area contributed by atoms with Crippen LogP contribution in [0.25, 0.3) is 0 Å². The Morgan fingerprint density at radius 3 is 2.73 bits per heavy atom. The number of nitrogens with two attached hydrogens (primary N) is 1. The first-order chi connectivity index (χ1) is 7.15. The van der Waals surface area contributed by atoms with Crippen molar-refractivity contribution in [2.75, 3.05) is 0 Å². The minimum atomic E-state index is -0.338. The molecule has 1 aliphatic heterocycles. The number of carbonyl (C=O) groups is 2. The van der Waals surface area contributed by atoms with Gasteiger partial charge in [0.05, 0.1) is 11.1 Å². The molecule has 4 nitrogen and oxygen atoms in total. The number of nitrogens with one attached hydrogen (secondary N) is 1. The normalized spacial score (nSPS) is 16.1. The van der Waals surface area contributed by atoms with Crippen molar-refractivity contribution in [2.24, 2.45) is 5.73 Å². The zero-order chi connectivity index (χ0) is 11.0. The van der Waals surface area contributed by atoms with E-state index in [9.17, 15) is 9.59 Å². The van der Waals surface area contributed by atoms with Crippen molar-refractivity contribution in [3.63, 3.8) is 0 Å². The van der Waals surface area contributed by atoms with Gasteiger partial charge >= 0.3 is 0 Å². The number of imide groups is 1. The molecule has 1 unspecified atom stereocenters. The molecule has 0 aliphatic carbocycles. The molecule has 2 amide bonds. The van der Waals surface area contributed by atoms with E-state index in [2.05, 4.69) is 5.32 Å². The smallest absolute Gasteiger partial charge is 0.259 e. The van der Waals surface area contributed by atoms with Gasteiger partial charge in [0.1, 0.15) is 0 Å². The Morgan fingerprint density at radius 1 is 1.33 bits per heavy atom. The van der Waals surface area contributed by atoms with Crippen LogP contribution in [0.5, 0.6) is 0 Å². The van der Waals surface area contributed by atoms with Gasteiger partial charge in [-0.3, -0.25) is 14.9 Å². The van der Waals surface area contributed by atoms with Crippen molar-refractivity contribution >= 4 is 11.8 Å². The Labute approximate surface area is 87.5 Å². The SMILES string of the molecule is CCC(N)c1cccc2c1C(=O)NC2=O. The van der Waals surface area contributed by atoms with Gasteiger partial charge in [-0.05, 0) is 18.1 Å². The zero-order valence-corrected chi connectivity index (χ0v) is 8.41. The third-order valence-corrected chi connectivity index (χ3v) is 2.63. The van der Waals surface area contributed by atoms with Gasteiger partial charge in [-0.25, -0.2) is 0 Å². The van der Waals surface area contributed by atoms with Crippen LogP contribution in [0.1, 0.15) is 45.7 Å². The standard InChI is InChI=1S/C11H12N2O2/c1-2-8(12)6-4-3-5-7-9(6)11(15)13-10(7)14/h3-5,8H,2,12H2,1H3,(H,13,14,15). The van der Waals surface area contributed by atoms with E-state index >= 15 is 0 Å². The lowest BCUT2D eigenvalue weighted by atomic mass is 9.96. The Morgan fingerprint density at radius 2 is 2.07 bits per heavy atom. The van der Waals surface area contributed by atoms with E-state index in [1.807, 2.05) is 6.92 Å². The van der Waals surface area contributed by atoms with Crippen LogP contribution >= 0.6 is 0 Å². The third kappa shape index (κ3) is 1.43. The first-order valence-corrected chi connectivity index (χ1v) is 4.89. The lowest BCUT2D eigenvalue weighted by Gasteiger charge is -2.11. The minimum absolute atomic E-state index is 0.198. The Bertz CT molecular complexity index is 440. The molecule has 0 saturated heterocycles. The molecule has 0 radical (unpaired) electrons. The van der Waals surface area contributed by atoms with Gasteiger partial charge in [-0.1, -0.05) is 19.1 Å². The highest BCUT2D eigenvalue weighted by atomic mass is 16.2. The molecule has 0 bridgehead atoms. The van der Waals surface area contributed by atoms with Gasteiger partial charge in [-0.15, -0.1) is 0 Å². The number of hydrogen-bond acceptors (Lipinski definition) is 3. The molecular weight excluding hydrogens is 192 g/mol. The highest BCUT2D eigenvalue weighted by Crippen LogP contribution is 2.25. The van der Waals surface area contributed by atoms with Gasteiger partial charge in [0.15, 0.2) is 0 Å². The largest absolute Gasteiger partial charge is 0.324 e. The summed E-state index contributed by atoms with van der Waals surface area (Å²) in [6.07, 6.45) is 0.734. The van der Waals surface area contributed by atoms with Crippen LogP contribution in [-0.2, 0) is 0 Å². The number of carbonyl (C=O) groups excluding carboxylic acids is 2. The molecule has 1 heterocycles. The second-order valence-corrected chi connectivity index (χ2v) is 3.57. The topological polar surface area (TPSA) is 72.2 Å². The maximum atomic E-state index is 11.5. The zero-order valence-electron chi connectivity index (χ0n) is 8.41. The lowest BCUT2D eigenvalue weighted by Crippen LogP contribution is -2.21. The lowest BCUT2D eigenvalue weighted by molar-refractivity contribution is 0.0879. The molecule has 15 heavy (non-hydrogen) atoms. The number of hydrogen-bond donors (Lipinski definition) is 2. The molecule has 78 valence electrons. The fraction of sp³-hybridized carbons (Fsp3) is 0.273. The first kappa shape index (κ1) is 9.86. The van der Waals surface area contributed by atoms with Crippen molar-refractivity contribution < 1.29 is 9.59 Å². The number of rotatable bonds is 2. The fourth-order valence-corrected chi connectivity index (χ4v) is 1.77. The predicted molar refractivity (Wildman–Crippen MR) is 55.5 cm³/mol. The summed E-state index contributed by atoms with van der Waals surface area (Å²) in [6, 6.07) is 4.99. The Balaban J connectivity index is 2.60. The van der Waals surface area contributed by atoms with Crippen molar-refractivity contribution in [3.05, 3.63) is 34.9 Å². The van der Waals surface area contributed by atoms with Crippen LogP contribution in [0.3, 0.4) is 0 Å². The second-order valence-electron chi connectivity index (χ2n) is 3.57. The summed E-state index contributed by atoms with van der Waals surface area (Å²) in [6.45, 7) is 1.94. The Hall–Kier alpha value is -1.68. The van der Waals surface area contributed by atoms with Crippen LogP contribution in [0.15, 0.2) is 18.2 Å². The minimum Gasteiger partial charge on any atom is -0.324 e. The second kappa shape index (κ2) is 3.47. The van der Waals surface area contributed by atoms with E-state index in [1.165, 1.54) is 0 Å². The summed E-state index contributed by atoms with van der Waals surface area (Å²) in [5.74, 6) is -0.672. The van der Waals surface area contributed by atoms with Gasteiger partial charge in [-0.2, -0.15) is 0 Å². The summed E-state index contributed by atoms with van der Waals surface area (Å²) < 4.78 is 0. The van der Waals surface area contributed by atoms with Crippen LogP contribution in [0, 0.1) is 0 Å². The summed E-state index contributed by atoms with van der Waals surface area (Å²) in [5.41, 5.74) is 7.51. The molecule has 1 aliphatic rings. The van der Waals surface area contributed by atoms with Crippen molar-refractivity contribution in [1.29, 1.82) is 0 Å². The van der Waals surface area contributed by atoms with Gasteiger partial charge < -0.3 is 5.73 Å². The van der Waals surface area contributed by atoms with E-state index in [0.717, 1.165) is 12.0 Å². The average molecular weight is 204 g/mol. The molecule has 0 fully saturated rings. The highest BCUT2D eigenvalue weighted by molar-refractivity contribution is 6.22. The number of amides is 2. The van der Waals surface area contributed by atoms with Crippen LogP contribution in [0.4, 0.5) is 0 Å². The molecule has 0 aromatic heterocycles. The van der Waals surface area contributed by atoms with E-state index in [0.29, 0.717) is 11.1 Å². The average Bonchev–Trinajstić information content (AvgIpc) is 2.54. The summed E-state index contributed by atoms with van der Waals surface area (Å²) in [7, 11) is 0. The van der Waals surface area contributed by atoms with Crippen LogP contribution in [0.2, 0.25) is 0 Å². The van der Waals surface area contributed by atoms with Crippen molar-refractivity contribution in [3.8, 4) is 0 Å². The third-order valence-electron chi connectivity index (χ3n) is 2.63. The molecule has 1 aromatic carbocycles. The van der Waals surface area contributed by atoms with Gasteiger partial charge in [0.25, 0.3) is 11.8 Å². The highest BCUT2D eigenvalue weighted by Gasteiger charge is 2.30. The number of fused-ring (bicyclic) bond motifs is 1. The van der Waals surface area contributed by atoms with Crippen LogP contribution < -0.4 is 11.1 Å². The van der Waals surface area contributed by atoms with Gasteiger partial charge in [0, 0.05) is 6.04 Å². The maximum absolute atomic E-state index is 11.5. The summed E-state index contributed by atoms with van der Waals surface area (Å²) >= 11 is 0. The van der Waals surface area contributed by atoms with Crippen molar-refractivity contribution in [2.45, 2.75) is 19.4 Å². The maximum Gasteiger partial charge on any atom is 0.259 e. The Kier molecular flexibility index (Phi) is 2.28. The summed E-state index contributed by atoms with van der Waals surface area (Å²) in [4.78, 5) is 22.9. The quantitative estimate of drug-likeness (QED) is 0.705. The summed E-state index contributed by atoms with van der Waals surface area (Å²) in [5, 5.41) is 2.27. The van der Waals surface area contributed by atoms with E-state index in [-0.39, 0.29) is 17.9 Å². The molecule has 1 atom stereocenters. The first-order valence-electron chi connectivity index (χ1n) is 4.89. The van der Waals surface area contributed by atoms with Gasteiger partial charge in [0.2, 0.25) is 0 Å². The molecule has 3 N–H and O–H groups in total. The van der Waals surface area contributed by atoms with E-state index in [1.54, 1.807) is 18.2 Å². The van der Waals surface area contributed by atoms with E-state index < -0.39 is 0 Å². The molecule has 1 aromatic rings. The molecule has 0 saturated carbocycles. The predicted octanol–water partition coefficient (Wildman–Crippen LogP) is 0.980. The molecule has 4 heteroatoms.